The van der Waals surface area contributed by atoms with Crippen molar-refractivity contribution in [3.63, 3.8) is 0 Å². The Morgan fingerprint density at radius 2 is 2.25 bits per heavy atom. The maximum atomic E-state index is 11.7. The van der Waals surface area contributed by atoms with Crippen molar-refractivity contribution in [3.8, 4) is 5.75 Å². The topological polar surface area (TPSA) is 72.8 Å². The van der Waals surface area contributed by atoms with Crippen LogP contribution in [0.2, 0.25) is 5.82 Å². The average Bonchev–Trinajstić information content (AvgIpc) is 2.46. The Hall–Kier alpha value is -1.82. The molecule has 2 rings (SSSR count). The smallest absolute Gasteiger partial charge is 0.526 e. The van der Waals surface area contributed by atoms with Gasteiger partial charge in [0.1, 0.15) is 17.1 Å². The summed E-state index contributed by atoms with van der Waals surface area (Å²) in [5.74, 6) is -0.336. The third-order valence-electron chi connectivity index (χ3n) is 3.51. The highest BCUT2D eigenvalue weighted by Crippen LogP contribution is 2.36. The standard InChI is InChI=1S/C14H17BO5/c1-3-11(16)8-10-7-9-5-4-6-12(14(17)19-2)13(9)20-15(10)18/h4-6,10,18H,3,7-8H2,1-2H3/t10-/m1/s1. The summed E-state index contributed by atoms with van der Waals surface area (Å²) in [6, 6.07) is 5.16. The number of ketones is 1. The summed E-state index contributed by atoms with van der Waals surface area (Å²) < 4.78 is 10.1. The minimum absolute atomic E-state index is 0.0882. The number of fused-ring (bicyclic) bond motifs is 1. The van der Waals surface area contributed by atoms with E-state index in [1.165, 1.54) is 7.11 Å². The maximum Gasteiger partial charge on any atom is 0.526 e. The third kappa shape index (κ3) is 2.85. The fourth-order valence-corrected chi connectivity index (χ4v) is 2.37. The number of hydrogen-bond donors (Lipinski definition) is 1. The molecule has 106 valence electrons. The Morgan fingerprint density at radius 3 is 2.90 bits per heavy atom. The first-order chi connectivity index (χ1) is 9.56. The van der Waals surface area contributed by atoms with Crippen molar-refractivity contribution in [2.24, 2.45) is 0 Å². The number of methoxy groups -OCH3 is 1. The number of para-hydroxylation sites is 1. The van der Waals surface area contributed by atoms with Crippen molar-refractivity contribution in [2.45, 2.75) is 32.0 Å². The van der Waals surface area contributed by atoms with Gasteiger partial charge in [0.15, 0.2) is 0 Å². The largest absolute Gasteiger partial charge is 0.535 e. The van der Waals surface area contributed by atoms with E-state index in [2.05, 4.69) is 0 Å². The maximum absolute atomic E-state index is 11.7. The lowest BCUT2D eigenvalue weighted by atomic mass is 9.64. The van der Waals surface area contributed by atoms with Gasteiger partial charge in [-0.3, -0.25) is 4.79 Å². The molecule has 0 radical (unpaired) electrons. The van der Waals surface area contributed by atoms with Crippen molar-refractivity contribution in [2.75, 3.05) is 7.11 Å². The van der Waals surface area contributed by atoms with Gasteiger partial charge in [0.2, 0.25) is 0 Å². The second-order valence-corrected chi connectivity index (χ2v) is 4.85. The summed E-state index contributed by atoms with van der Waals surface area (Å²) in [6.45, 7) is 1.79. The van der Waals surface area contributed by atoms with E-state index in [4.69, 9.17) is 9.39 Å². The van der Waals surface area contributed by atoms with Gasteiger partial charge >= 0.3 is 13.1 Å². The molecule has 0 aliphatic carbocycles. The van der Waals surface area contributed by atoms with E-state index >= 15 is 0 Å². The van der Waals surface area contributed by atoms with Gasteiger partial charge in [-0.25, -0.2) is 4.79 Å². The molecule has 1 aromatic carbocycles. The van der Waals surface area contributed by atoms with Crippen molar-refractivity contribution >= 4 is 18.9 Å². The zero-order valence-electron chi connectivity index (χ0n) is 11.6. The molecule has 0 amide bonds. The van der Waals surface area contributed by atoms with Crippen LogP contribution in [0, 0.1) is 0 Å². The van der Waals surface area contributed by atoms with Crippen LogP contribution in [0.3, 0.4) is 0 Å². The molecule has 0 fully saturated rings. The molecule has 6 heteroatoms. The summed E-state index contributed by atoms with van der Waals surface area (Å²) in [4.78, 5) is 23.2. The normalized spacial score (nSPS) is 17.1. The van der Waals surface area contributed by atoms with Gasteiger partial charge in [0.25, 0.3) is 0 Å². The van der Waals surface area contributed by atoms with Crippen LogP contribution in [0.4, 0.5) is 0 Å². The van der Waals surface area contributed by atoms with Gasteiger partial charge < -0.3 is 14.4 Å². The highest BCUT2D eigenvalue weighted by atomic mass is 16.5. The van der Waals surface area contributed by atoms with E-state index in [0.29, 0.717) is 24.2 Å². The predicted octanol–water partition coefficient (Wildman–Crippen LogP) is 1.63. The monoisotopic (exact) mass is 276 g/mol. The quantitative estimate of drug-likeness (QED) is 0.668. The number of carbonyl (C=O) groups excluding carboxylic acids is 2. The summed E-state index contributed by atoms with van der Waals surface area (Å²) in [7, 11) is 0.216. The zero-order chi connectivity index (χ0) is 14.7. The lowest BCUT2D eigenvalue weighted by molar-refractivity contribution is -0.118. The molecule has 1 aliphatic rings. The first-order valence-corrected chi connectivity index (χ1v) is 6.63. The first-order valence-electron chi connectivity index (χ1n) is 6.63. The van der Waals surface area contributed by atoms with Gasteiger partial charge in [-0.1, -0.05) is 19.1 Å². The molecule has 1 aliphatic heterocycles. The molecule has 0 saturated carbocycles. The van der Waals surface area contributed by atoms with E-state index < -0.39 is 13.1 Å². The van der Waals surface area contributed by atoms with Crippen LogP contribution >= 0.6 is 0 Å². The predicted molar refractivity (Wildman–Crippen MR) is 73.8 cm³/mol. The van der Waals surface area contributed by atoms with E-state index in [0.717, 1.165) is 5.56 Å². The lowest BCUT2D eigenvalue weighted by Crippen LogP contribution is -2.35. The fourth-order valence-electron chi connectivity index (χ4n) is 2.37. The van der Waals surface area contributed by atoms with Crippen LogP contribution in [-0.4, -0.2) is 31.0 Å². The van der Waals surface area contributed by atoms with Crippen molar-refractivity contribution in [1.29, 1.82) is 0 Å². The highest BCUT2D eigenvalue weighted by Gasteiger charge is 2.37. The average molecular weight is 276 g/mol. The number of benzene rings is 1. The molecule has 0 saturated heterocycles. The molecule has 20 heavy (non-hydrogen) atoms. The lowest BCUT2D eigenvalue weighted by Gasteiger charge is -2.28. The summed E-state index contributed by atoms with van der Waals surface area (Å²) in [6.07, 6.45) is 1.23. The molecule has 5 nitrogen and oxygen atoms in total. The van der Waals surface area contributed by atoms with Crippen LogP contribution in [-0.2, 0) is 16.0 Å². The molecule has 1 heterocycles. The molecule has 1 aromatic rings. The number of Topliss-reactive ketones (excluding diaryl/α,β-unsaturated/α-hetero) is 1. The summed E-state index contributed by atoms with van der Waals surface area (Å²) in [5.41, 5.74) is 1.11. The van der Waals surface area contributed by atoms with Crippen LogP contribution in [0.15, 0.2) is 18.2 Å². The van der Waals surface area contributed by atoms with E-state index in [1.54, 1.807) is 19.1 Å². The van der Waals surface area contributed by atoms with Crippen molar-refractivity contribution in [1.82, 2.24) is 0 Å². The third-order valence-corrected chi connectivity index (χ3v) is 3.51. The molecule has 1 N–H and O–H groups in total. The zero-order valence-corrected chi connectivity index (χ0v) is 11.6. The van der Waals surface area contributed by atoms with Gasteiger partial charge in [0.05, 0.1) is 7.11 Å². The molecule has 1 atom stereocenters. The van der Waals surface area contributed by atoms with Gasteiger partial charge in [-0.15, -0.1) is 0 Å². The Morgan fingerprint density at radius 1 is 1.50 bits per heavy atom. The van der Waals surface area contributed by atoms with E-state index in [1.807, 2.05) is 6.07 Å². The summed E-state index contributed by atoms with van der Waals surface area (Å²) in [5, 5.41) is 10.0. The van der Waals surface area contributed by atoms with Gasteiger partial charge in [-0.05, 0) is 18.1 Å². The molecule has 0 unspecified atom stereocenters. The minimum Gasteiger partial charge on any atom is -0.535 e. The van der Waals surface area contributed by atoms with Gasteiger partial charge in [-0.2, -0.15) is 0 Å². The molecule has 0 bridgehead atoms. The van der Waals surface area contributed by atoms with Gasteiger partial charge in [0, 0.05) is 18.7 Å². The number of carbonyl (C=O) groups is 2. The van der Waals surface area contributed by atoms with E-state index in [-0.39, 0.29) is 18.0 Å². The Bertz CT molecular complexity index is 528. The number of esters is 1. The number of rotatable bonds is 4. The highest BCUT2D eigenvalue weighted by molar-refractivity contribution is 6.47. The second kappa shape index (κ2) is 6.09. The Balaban J connectivity index is 2.27. The molecular formula is C14H17BO5. The van der Waals surface area contributed by atoms with Crippen LogP contribution in [0.5, 0.6) is 5.75 Å². The Kier molecular flexibility index (Phi) is 4.44. The molecule has 0 spiro atoms. The second-order valence-electron chi connectivity index (χ2n) is 4.85. The van der Waals surface area contributed by atoms with Crippen molar-refractivity contribution in [3.05, 3.63) is 29.3 Å². The molecular weight excluding hydrogens is 259 g/mol. The van der Waals surface area contributed by atoms with Crippen molar-refractivity contribution < 1.29 is 24.0 Å². The molecule has 0 aromatic heterocycles. The summed E-state index contributed by atoms with van der Waals surface area (Å²) >= 11 is 0. The van der Waals surface area contributed by atoms with Crippen LogP contribution in [0.1, 0.15) is 35.7 Å². The Labute approximate surface area is 118 Å². The number of hydrogen-bond acceptors (Lipinski definition) is 5. The van der Waals surface area contributed by atoms with E-state index in [9.17, 15) is 14.6 Å². The van der Waals surface area contributed by atoms with Crippen LogP contribution in [0.25, 0.3) is 0 Å². The fraction of sp³-hybridized carbons (Fsp3) is 0.429. The first kappa shape index (κ1) is 14.6. The number of ether oxygens (including phenoxy) is 1. The minimum atomic E-state index is -1.08. The van der Waals surface area contributed by atoms with Crippen LogP contribution < -0.4 is 4.65 Å². The SMILES string of the molecule is CCC(=O)C[C@H]1Cc2cccc(C(=O)OC)c2OB1O.